The van der Waals surface area contributed by atoms with E-state index in [4.69, 9.17) is 9.72 Å². The third-order valence-corrected chi connectivity index (χ3v) is 6.28. The Labute approximate surface area is 153 Å². The lowest BCUT2D eigenvalue weighted by Crippen LogP contribution is -2.48. The van der Waals surface area contributed by atoms with Gasteiger partial charge in [-0.1, -0.05) is 27.3 Å². The van der Waals surface area contributed by atoms with E-state index in [1.165, 1.54) is 4.70 Å². The van der Waals surface area contributed by atoms with E-state index < -0.39 is 0 Å². The van der Waals surface area contributed by atoms with E-state index in [1.807, 2.05) is 17.0 Å². The predicted molar refractivity (Wildman–Crippen MR) is 99.7 cm³/mol. The van der Waals surface area contributed by atoms with Crippen molar-refractivity contribution in [3.05, 3.63) is 22.7 Å². The van der Waals surface area contributed by atoms with Gasteiger partial charge in [-0.2, -0.15) is 0 Å². The van der Waals surface area contributed by atoms with Crippen molar-refractivity contribution in [1.29, 1.82) is 0 Å². The highest BCUT2D eigenvalue weighted by molar-refractivity contribution is 9.10. The van der Waals surface area contributed by atoms with Crippen molar-refractivity contribution in [2.24, 2.45) is 5.92 Å². The number of benzene rings is 1. The number of ether oxygens (including phenoxy) is 1. The quantitative estimate of drug-likeness (QED) is 0.763. The van der Waals surface area contributed by atoms with Gasteiger partial charge in [-0.05, 0) is 31.0 Å². The Hall–Kier alpha value is -1.18. The summed E-state index contributed by atoms with van der Waals surface area (Å²) in [6, 6.07) is 6.17. The van der Waals surface area contributed by atoms with Gasteiger partial charge in [-0.3, -0.25) is 4.79 Å². The number of amides is 1. The molecule has 2 aliphatic heterocycles. The topological polar surface area (TPSA) is 45.7 Å². The smallest absolute Gasteiger partial charge is 0.227 e. The van der Waals surface area contributed by atoms with Crippen LogP contribution >= 0.6 is 27.3 Å². The minimum Gasteiger partial charge on any atom is -0.378 e. The molecule has 7 heteroatoms. The van der Waals surface area contributed by atoms with Gasteiger partial charge in [0.1, 0.15) is 0 Å². The second-order valence-electron chi connectivity index (χ2n) is 6.33. The van der Waals surface area contributed by atoms with Crippen LogP contribution in [0.25, 0.3) is 10.2 Å². The number of halogens is 1. The van der Waals surface area contributed by atoms with Crippen LogP contribution in [0.4, 0.5) is 5.13 Å². The van der Waals surface area contributed by atoms with E-state index >= 15 is 0 Å². The highest BCUT2D eigenvalue weighted by atomic mass is 79.9. The summed E-state index contributed by atoms with van der Waals surface area (Å²) in [6.45, 7) is 4.53. The minimum absolute atomic E-state index is 0.0793. The van der Waals surface area contributed by atoms with Crippen molar-refractivity contribution in [3.8, 4) is 0 Å². The molecular weight excluding hydrogens is 390 g/mol. The van der Waals surface area contributed by atoms with Crippen LogP contribution < -0.4 is 4.90 Å². The first-order chi connectivity index (χ1) is 11.7. The van der Waals surface area contributed by atoms with Crippen LogP contribution in [0.5, 0.6) is 0 Å². The van der Waals surface area contributed by atoms with Crippen LogP contribution in [0, 0.1) is 5.92 Å². The molecule has 128 valence electrons. The molecule has 2 fully saturated rings. The number of carbonyl (C=O) groups is 1. The van der Waals surface area contributed by atoms with Gasteiger partial charge in [0, 0.05) is 30.7 Å². The first-order valence-corrected chi connectivity index (χ1v) is 9.99. The maximum Gasteiger partial charge on any atom is 0.227 e. The van der Waals surface area contributed by atoms with Crippen molar-refractivity contribution in [2.75, 3.05) is 44.3 Å². The third-order valence-electron chi connectivity index (χ3n) is 4.70. The maximum absolute atomic E-state index is 12.8. The van der Waals surface area contributed by atoms with E-state index in [-0.39, 0.29) is 11.8 Å². The number of aromatic nitrogens is 1. The van der Waals surface area contributed by atoms with Crippen molar-refractivity contribution in [2.45, 2.75) is 12.8 Å². The molecular formula is C17H20BrN3O2S. The van der Waals surface area contributed by atoms with Crippen LogP contribution in [0.1, 0.15) is 12.8 Å². The molecule has 1 atom stereocenters. The number of hydrogen-bond donors (Lipinski definition) is 0. The van der Waals surface area contributed by atoms with Gasteiger partial charge in [0.15, 0.2) is 5.13 Å². The molecule has 1 aromatic heterocycles. The molecule has 1 unspecified atom stereocenters. The van der Waals surface area contributed by atoms with Crippen LogP contribution in [0.2, 0.25) is 0 Å². The largest absolute Gasteiger partial charge is 0.378 e. The Morgan fingerprint density at radius 1 is 1.29 bits per heavy atom. The van der Waals surface area contributed by atoms with Crippen molar-refractivity contribution in [1.82, 2.24) is 9.88 Å². The second-order valence-corrected chi connectivity index (χ2v) is 8.26. The standard InChI is InChI=1S/C17H20BrN3O2S/c18-13-3-4-14-15(10-13)24-17(19-14)21-5-1-2-12(11-21)16(22)20-6-8-23-9-7-20/h3-4,10,12H,1-2,5-9,11H2. The fraction of sp³-hybridized carbons (Fsp3) is 0.529. The first kappa shape index (κ1) is 16.3. The van der Waals surface area contributed by atoms with Gasteiger partial charge in [-0.15, -0.1) is 0 Å². The van der Waals surface area contributed by atoms with Gasteiger partial charge in [-0.25, -0.2) is 4.98 Å². The highest BCUT2D eigenvalue weighted by Gasteiger charge is 2.31. The summed E-state index contributed by atoms with van der Waals surface area (Å²) in [6.07, 6.45) is 2.02. The highest BCUT2D eigenvalue weighted by Crippen LogP contribution is 2.33. The minimum atomic E-state index is 0.0793. The van der Waals surface area contributed by atoms with E-state index in [0.717, 1.165) is 54.1 Å². The number of rotatable bonds is 2. The molecule has 2 aliphatic rings. The van der Waals surface area contributed by atoms with Crippen molar-refractivity contribution < 1.29 is 9.53 Å². The molecule has 1 amide bonds. The summed E-state index contributed by atoms with van der Waals surface area (Å²) >= 11 is 5.22. The molecule has 24 heavy (non-hydrogen) atoms. The van der Waals surface area contributed by atoms with Crippen molar-refractivity contribution >= 4 is 48.5 Å². The summed E-state index contributed by atoms with van der Waals surface area (Å²) in [5.74, 6) is 0.363. The predicted octanol–water partition coefficient (Wildman–Crippen LogP) is 3.13. The molecule has 1 aromatic carbocycles. The molecule has 0 saturated carbocycles. The monoisotopic (exact) mass is 409 g/mol. The number of fused-ring (bicyclic) bond motifs is 1. The fourth-order valence-electron chi connectivity index (χ4n) is 3.42. The van der Waals surface area contributed by atoms with Gasteiger partial charge in [0.05, 0.1) is 29.3 Å². The van der Waals surface area contributed by atoms with Crippen molar-refractivity contribution in [3.63, 3.8) is 0 Å². The molecule has 0 radical (unpaired) electrons. The average Bonchev–Trinajstić information content (AvgIpc) is 3.05. The lowest BCUT2D eigenvalue weighted by molar-refractivity contribution is -0.139. The van der Waals surface area contributed by atoms with E-state index in [0.29, 0.717) is 13.2 Å². The summed E-state index contributed by atoms with van der Waals surface area (Å²) in [5.41, 5.74) is 1.03. The molecule has 0 spiro atoms. The fourth-order valence-corrected chi connectivity index (χ4v) is 4.97. The zero-order chi connectivity index (χ0) is 16.5. The number of thiazole rings is 1. The third kappa shape index (κ3) is 3.30. The van der Waals surface area contributed by atoms with Crippen LogP contribution in [-0.4, -0.2) is 55.2 Å². The zero-order valence-electron chi connectivity index (χ0n) is 13.4. The van der Waals surface area contributed by atoms with Crippen LogP contribution in [0.3, 0.4) is 0 Å². The summed E-state index contributed by atoms with van der Waals surface area (Å²) in [5, 5.41) is 1.03. The number of morpholine rings is 1. The van der Waals surface area contributed by atoms with Gasteiger partial charge >= 0.3 is 0 Å². The lowest BCUT2D eigenvalue weighted by atomic mass is 9.96. The Morgan fingerprint density at radius 2 is 2.12 bits per heavy atom. The van der Waals surface area contributed by atoms with E-state index in [9.17, 15) is 4.79 Å². The SMILES string of the molecule is O=C(C1CCCN(c2nc3ccc(Br)cc3s2)C1)N1CCOCC1. The van der Waals surface area contributed by atoms with Crippen LogP contribution in [-0.2, 0) is 9.53 Å². The number of carbonyl (C=O) groups excluding carboxylic acids is 1. The first-order valence-electron chi connectivity index (χ1n) is 8.38. The maximum atomic E-state index is 12.8. The molecule has 3 heterocycles. The normalized spacial score (nSPS) is 22.1. The van der Waals surface area contributed by atoms with Gasteiger partial charge in [0.2, 0.25) is 5.91 Å². The lowest BCUT2D eigenvalue weighted by Gasteiger charge is -2.36. The number of hydrogen-bond acceptors (Lipinski definition) is 5. The van der Waals surface area contributed by atoms with Crippen LogP contribution in [0.15, 0.2) is 22.7 Å². The second kappa shape index (κ2) is 6.98. The Bertz CT molecular complexity index is 745. The number of piperidine rings is 1. The molecule has 5 nitrogen and oxygen atoms in total. The Kier molecular flexibility index (Phi) is 4.74. The molecule has 0 aliphatic carbocycles. The molecule has 2 aromatic rings. The Morgan fingerprint density at radius 3 is 2.96 bits per heavy atom. The molecule has 0 bridgehead atoms. The molecule has 4 rings (SSSR count). The number of nitrogens with zero attached hydrogens (tertiary/aromatic N) is 3. The van der Waals surface area contributed by atoms with Gasteiger partial charge in [0.25, 0.3) is 0 Å². The zero-order valence-corrected chi connectivity index (χ0v) is 15.8. The Balaban J connectivity index is 1.50. The van der Waals surface area contributed by atoms with E-state index in [2.05, 4.69) is 26.9 Å². The van der Waals surface area contributed by atoms with Gasteiger partial charge < -0.3 is 14.5 Å². The van der Waals surface area contributed by atoms with E-state index in [1.54, 1.807) is 11.3 Å². The summed E-state index contributed by atoms with van der Waals surface area (Å²) in [4.78, 5) is 21.8. The summed E-state index contributed by atoms with van der Waals surface area (Å²) in [7, 11) is 0. The number of anilines is 1. The molecule has 0 N–H and O–H groups in total. The summed E-state index contributed by atoms with van der Waals surface area (Å²) < 4.78 is 7.61. The molecule has 2 saturated heterocycles. The average molecular weight is 410 g/mol.